The lowest BCUT2D eigenvalue weighted by molar-refractivity contribution is -0.114. The van der Waals surface area contributed by atoms with Gasteiger partial charge < -0.3 is 10.1 Å². The van der Waals surface area contributed by atoms with E-state index in [1.54, 1.807) is 13.2 Å². The molecule has 2 amide bonds. The zero-order chi connectivity index (χ0) is 20.3. The number of nitrogens with zero attached hydrogens (tertiary/aromatic N) is 2. The van der Waals surface area contributed by atoms with Crippen LogP contribution in [-0.2, 0) is 4.79 Å². The maximum absolute atomic E-state index is 12.5. The molecule has 0 bridgehead atoms. The number of methoxy groups -OCH3 is 1. The lowest BCUT2D eigenvalue weighted by Crippen LogP contribution is -2.13. The molecule has 2 heterocycles. The molecule has 7 nitrogen and oxygen atoms in total. The highest BCUT2D eigenvalue weighted by Crippen LogP contribution is 2.33. The molecule has 1 aromatic carbocycles. The summed E-state index contributed by atoms with van der Waals surface area (Å²) in [5, 5.41) is 5.87. The van der Waals surface area contributed by atoms with E-state index in [9.17, 15) is 9.59 Å². The Balaban J connectivity index is 1.81. The predicted molar refractivity (Wildman–Crippen MR) is 110 cm³/mol. The summed E-state index contributed by atoms with van der Waals surface area (Å²) < 4.78 is 5.30. The number of ether oxygens (including phenoxy) is 1. The smallest absolute Gasteiger partial charge is 0.257 e. The number of carbonyl (C=O) groups excluding carboxylic acids is 2. The standard InChI is InChI=1S/C20H20N4O3S/c1-11-9-14(5-6-16(11)27-4)18-12(2)28-20(23-18)24-19(26)15-7-8-21-17(10-15)22-13(3)25/h5-10H,1-4H3,(H,21,22,25)(H,23,24,26). The third kappa shape index (κ3) is 4.34. The van der Waals surface area contributed by atoms with Gasteiger partial charge in [-0.15, -0.1) is 11.3 Å². The van der Waals surface area contributed by atoms with Crippen LogP contribution in [0.25, 0.3) is 11.3 Å². The zero-order valence-electron chi connectivity index (χ0n) is 16.0. The molecular formula is C20H20N4O3S. The minimum absolute atomic E-state index is 0.250. The van der Waals surface area contributed by atoms with E-state index in [4.69, 9.17) is 4.74 Å². The van der Waals surface area contributed by atoms with Gasteiger partial charge in [0.05, 0.1) is 12.8 Å². The first kappa shape index (κ1) is 19.5. The number of anilines is 2. The molecule has 0 saturated carbocycles. The lowest BCUT2D eigenvalue weighted by Gasteiger charge is -2.06. The normalized spacial score (nSPS) is 10.4. The van der Waals surface area contributed by atoms with Crippen LogP contribution in [0.4, 0.5) is 10.9 Å². The van der Waals surface area contributed by atoms with Crippen molar-refractivity contribution in [2.75, 3.05) is 17.7 Å². The van der Waals surface area contributed by atoms with Crippen molar-refractivity contribution >= 4 is 34.1 Å². The van der Waals surface area contributed by atoms with Crippen LogP contribution in [0.5, 0.6) is 5.75 Å². The van der Waals surface area contributed by atoms with E-state index in [-0.39, 0.29) is 11.8 Å². The van der Waals surface area contributed by atoms with Crippen LogP contribution in [-0.4, -0.2) is 28.9 Å². The average Bonchev–Trinajstić information content (AvgIpc) is 3.01. The summed E-state index contributed by atoms with van der Waals surface area (Å²) in [6, 6.07) is 8.96. The molecular weight excluding hydrogens is 376 g/mol. The van der Waals surface area contributed by atoms with Crippen molar-refractivity contribution in [1.29, 1.82) is 0 Å². The number of carbonyl (C=O) groups is 2. The van der Waals surface area contributed by atoms with Crippen molar-refractivity contribution in [3.05, 3.63) is 52.5 Å². The second-order valence-electron chi connectivity index (χ2n) is 6.17. The summed E-state index contributed by atoms with van der Waals surface area (Å²) in [4.78, 5) is 33.3. The number of pyridine rings is 1. The quantitative estimate of drug-likeness (QED) is 0.679. The maximum Gasteiger partial charge on any atom is 0.257 e. The number of hydrogen-bond acceptors (Lipinski definition) is 6. The van der Waals surface area contributed by atoms with Crippen molar-refractivity contribution in [2.24, 2.45) is 0 Å². The van der Waals surface area contributed by atoms with Crippen molar-refractivity contribution in [3.63, 3.8) is 0 Å². The Labute approximate surface area is 166 Å². The van der Waals surface area contributed by atoms with Gasteiger partial charge in [-0.25, -0.2) is 9.97 Å². The van der Waals surface area contributed by atoms with E-state index in [0.29, 0.717) is 16.5 Å². The van der Waals surface area contributed by atoms with Gasteiger partial charge in [-0.1, -0.05) is 0 Å². The Kier molecular flexibility index (Phi) is 5.70. The predicted octanol–water partition coefficient (Wildman–Crippen LogP) is 4.04. The summed E-state index contributed by atoms with van der Waals surface area (Å²) in [5.74, 6) is 0.572. The molecule has 3 aromatic rings. The summed E-state index contributed by atoms with van der Waals surface area (Å²) in [7, 11) is 1.64. The largest absolute Gasteiger partial charge is 0.496 e. The fourth-order valence-corrected chi connectivity index (χ4v) is 3.56. The van der Waals surface area contributed by atoms with Crippen LogP contribution >= 0.6 is 11.3 Å². The highest BCUT2D eigenvalue weighted by Gasteiger charge is 2.15. The Morgan fingerprint density at radius 1 is 1.11 bits per heavy atom. The Bertz CT molecular complexity index is 1050. The van der Waals surface area contributed by atoms with Crippen LogP contribution in [0.1, 0.15) is 27.7 Å². The molecule has 144 valence electrons. The first-order valence-electron chi connectivity index (χ1n) is 8.55. The minimum Gasteiger partial charge on any atom is -0.496 e. The van der Waals surface area contributed by atoms with Crippen LogP contribution in [0.3, 0.4) is 0 Å². The van der Waals surface area contributed by atoms with Crippen LogP contribution in [0, 0.1) is 13.8 Å². The monoisotopic (exact) mass is 396 g/mol. The van der Waals surface area contributed by atoms with Gasteiger partial charge in [-0.3, -0.25) is 14.9 Å². The van der Waals surface area contributed by atoms with Gasteiger partial charge in [0.1, 0.15) is 11.6 Å². The SMILES string of the molecule is COc1ccc(-c2nc(NC(=O)c3ccnc(NC(C)=O)c3)sc2C)cc1C. The number of hydrogen-bond donors (Lipinski definition) is 2. The van der Waals surface area contributed by atoms with Crippen molar-refractivity contribution in [1.82, 2.24) is 9.97 Å². The van der Waals surface area contributed by atoms with Crippen LogP contribution in [0.2, 0.25) is 0 Å². The number of amides is 2. The fourth-order valence-electron chi connectivity index (χ4n) is 2.73. The van der Waals surface area contributed by atoms with Crippen molar-refractivity contribution in [3.8, 4) is 17.0 Å². The molecule has 3 rings (SSSR count). The zero-order valence-corrected chi connectivity index (χ0v) is 16.8. The molecule has 0 aliphatic carbocycles. The third-order valence-electron chi connectivity index (χ3n) is 4.01. The fraction of sp³-hybridized carbons (Fsp3) is 0.200. The topological polar surface area (TPSA) is 93.2 Å². The van der Waals surface area contributed by atoms with E-state index in [0.717, 1.165) is 27.4 Å². The average molecular weight is 396 g/mol. The first-order valence-corrected chi connectivity index (χ1v) is 9.36. The minimum atomic E-state index is -0.319. The Hall–Kier alpha value is -3.26. The maximum atomic E-state index is 12.5. The van der Waals surface area contributed by atoms with E-state index in [2.05, 4.69) is 20.6 Å². The van der Waals surface area contributed by atoms with Gasteiger partial charge in [0.15, 0.2) is 5.13 Å². The summed E-state index contributed by atoms with van der Waals surface area (Å²) in [6.07, 6.45) is 1.47. The van der Waals surface area contributed by atoms with Gasteiger partial charge in [-0.05, 0) is 49.7 Å². The number of aromatic nitrogens is 2. The van der Waals surface area contributed by atoms with Crippen molar-refractivity contribution in [2.45, 2.75) is 20.8 Å². The highest BCUT2D eigenvalue weighted by atomic mass is 32.1. The number of thiazole rings is 1. The molecule has 28 heavy (non-hydrogen) atoms. The van der Waals surface area contributed by atoms with Gasteiger partial charge in [-0.2, -0.15) is 0 Å². The molecule has 2 N–H and O–H groups in total. The summed E-state index contributed by atoms with van der Waals surface area (Å²) in [5.41, 5.74) is 3.18. The van der Waals surface area contributed by atoms with Gasteiger partial charge in [0, 0.05) is 29.1 Å². The van der Waals surface area contributed by atoms with Crippen LogP contribution < -0.4 is 15.4 Å². The number of nitrogens with one attached hydrogen (secondary N) is 2. The molecule has 0 spiro atoms. The third-order valence-corrected chi connectivity index (χ3v) is 4.90. The second-order valence-corrected chi connectivity index (χ2v) is 7.38. The Morgan fingerprint density at radius 3 is 2.57 bits per heavy atom. The Morgan fingerprint density at radius 2 is 1.89 bits per heavy atom. The van der Waals surface area contributed by atoms with Gasteiger partial charge in [0.2, 0.25) is 5.91 Å². The van der Waals surface area contributed by atoms with Crippen LogP contribution in [0.15, 0.2) is 36.5 Å². The lowest BCUT2D eigenvalue weighted by atomic mass is 10.1. The molecule has 0 radical (unpaired) electrons. The number of rotatable bonds is 5. The number of benzene rings is 1. The second kappa shape index (κ2) is 8.18. The number of aryl methyl sites for hydroxylation is 2. The molecule has 0 unspecified atom stereocenters. The van der Waals surface area contributed by atoms with E-state index < -0.39 is 0 Å². The molecule has 0 atom stereocenters. The highest BCUT2D eigenvalue weighted by molar-refractivity contribution is 7.16. The molecule has 2 aromatic heterocycles. The molecule has 0 saturated heterocycles. The molecule has 0 aliphatic rings. The van der Waals surface area contributed by atoms with E-state index in [1.807, 2.05) is 32.0 Å². The summed E-state index contributed by atoms with van der Waals surface area (Å²) in [6.45, 7) is 5.32. The molecule has 8 heteroatoms. The van der Waals surface area contributed by atoms with E-state index >= 15 is 0 Å². The summed E-state index contributed by atoms with van der Waals surface area (Å²) >= 11 is 1.40. The van der Waals surface area contributed by atoms with Crippen molar-refractivity contribution < 1.29 is 14.3 Å². The molecule has 0 aliphatic heterocycles. The van der Waals surface area contributed by atoms with Gasteiger partial charge in [0.25, 0.3) is 5.91 Å². The first-order chi connectivity index (χ1) is 13.4. The van der Waals surface area contributed by atoms with Gasteiger partial charge >= 0.3 is 0 Å². The molecule has 0 fully saturated rings. The van der Waals surface area contributed by atoms with E-state index in [1.165, 1.54) is 30.5 Å².